The van der Waals surface area contributed by atoms with E-state index in [1.165, 1.54) is 11.3 Å². The highest BCUT2D eigenvalue weighted by atomic mass is 79.9. The molecule has 2 heteroatoms. The third-order valence-electron chi connectivity index (χ3n) is 2.66. The Kier molecular flexibility index (Phi) is 4.63. The van der Waals surface area contributed by atoms with Gasteiger partial charge < -0.3 is 5.32 Å². The zero-order valence-electron chi connectivity index (χ0n) is 9.70. The van der Waals surface area contributed by atoms with E-state index in [0.29, 0.717) is 0 Å². The first kappa shape index (κ1) is 12.2. The molecule has 1 N–H and O–H groups in total. The van der Waals surface area contributed by atoms with Crippen molar-refractivity contribution in [2.75, 3.05) is 11.9 Å². The maximum absolute atomic E-state index is 3.43. The highest BCUT2D eigenvalue weighted by Crippen LogP contribution is 2.14. The number of anilines is 1. The van der Waals surface area contributed by atoms with E-state index in [-0.39, 0.29) is 0 Å². The van der Waals surface area contributed by atoms with Crippen molar-refractivity contribution >= 4 is 21.6 Å². The van der Waals surface area contributed by atoms with Gasteiger partial charge in [0.25, 0.3) is 0 Å². The molecule has 0 heterocycles. The van der Waals surface area contributed by atoms with Gasteiger partial charge in [-0.15, -0.1) is 0 Å². The Morgan fingerprint density at radius 1 is 0.882 bits per heavy atom. The van der Waals surface area contributed by atoms with Crippen molar-refractivity contribution in [3.63, 3.8) is 0 Å². The molecule has 0 unspecified atom stereocenters. The van der Waals surface area contributed by atoms with Gasteiger partial charge in [0.1, 0.15) is 0 Å². The highest BCUT2D eigenvalue weighted by Gasteiger charge is 1.93. The number of nitrogens with one attached hydrogen (secondary N) is 1. The molecule has 17 heavy (non-hydrogen) atoms. The maximum Gasteiger partial charge on any atom is 0.0340 e. The molecule has 0 aromatic heterocycles. The minimum Gasteiger partial charge on any atom is -0.385 e. The molecule has 1 nitrogen and oxygen atoms in total. The van der Waals surface area contributed by atoms with Crippen LogP contribution in [0.15, 0.2) is 59.1 Å². The molecular formula is C15H16BrN. The van der Waals surface area contributed by atoms with E-state index in [9.17, 15) is 0 Å². The summed E-state index contributed by atoms with van der Waals surface area (Å²) in [7, 11) is 0. The van der Waals surface area contributed by atoms with Gasteiger partial charge >= 0.3 is 0 Å². The predicted molar refractivity (Wildman–Crippen MR) is 77.4 cm³/mol. The van der Waals surface area contributed by atoms with Gasteiger partial charge in [-0.05, 0) is 42.7 Å². The van der Waals surface area contributed by atoms with E-state index in [4.69, 9.17) is 0 Å². The van der Waals surface area contributed by atoms with Crippen LogP contribution in [0.3, 0.4) is 0 Å². The Morgan fingerprint density at radius 3 is 2.29 bits per heavy atom. The number of rotatable bonds is 5. The predicted octanol–water partition coefficient (Wildman–Crippen LogP) is 4.49. The summed E-state index contributed by atoms with van der Waals surface area (Å²) in [5.74, 6) is 0. The molecule has 0 spiro atoms. The molecule has 0 bridgehead atoms. The summed E-state index contributed by atoms with van der Waals surface area (Å²) < 4.78 is 1.12. The van der Waals surface area contributed by atoms with E-state index in [1.54, 1.807) is 0 Å². The largest absolute Gasteiger partial charge is 0.385 e. The molecule has 0 aliphatic carbocycles. The number of hydrogen-bond donors (Lipinski definition) is 1. The van der Waals surface area contributed by atoms with Crippen LogP contribution < -0.4 is 5.32 Å². The molecule has 0 radical (unpaired) electrons. The molecule has 0 aliphatic rings. The first-order chi connectivity index (χ1) is 8.34. The minimum atomic E-state index is 1.01. The summed E-state index contributed by atoms with van der Waals surface area (Å²) in [5.41, 5.74) is 2.59. The van der Waals surface area contributed by atoms with Crippen LogP contribution in [0.4, 0.5) is 5.69 Å². The van der Waals surface area contributed by atoms with Crippen molar-refractivity contribution in [1.82, 2.24) is 0 Å². The lowest BCUT2D eigenvalue weighted by Gasteiger charge is -2.06. The first-order valence-corrected chi connectivity index (χ1v) is 6.67. The van der Waals surface area contributed by atoms with Gasteiger partial charge in [-0.3, -0.25) is 0 Å². The number of aryl methyl sites for hydroxylation is 1. The van der Waals surface area contributed by atoms with Crippen molar-refractivity contribution in [3.05, 3.63) is 64.6 Å². The van der Waals surface area contributed by atoms with Crippen LogP contribution in [0.1, 0.15) is 12.0 Å². The van der Waals surface area contributed by atoms with E-state index in [2.05, 4.69) is 75.8 Å². The van der Waals surface area contributed by atoms with E-state index >= 15 is 0 Å². The van der Waals surface area contributed by atoms with Gasteiger partial charge in [0.2, 0.25) is 0 Å². The van der Waals surface area contributed by atoms with Gasteiger partial charge in [0.15, 0.2) is 0 Å². The van der Waals surface area contributed by atoms with Crippen molar-refractivity contribution < 1.29 is 0 Å². The lowest BCUT2D eigenvalue weighted by atomic mass is 10.1. The van der Waals surface area contributed by atoms with Crippen molar-refractivity contribution in [2.45, 2.75) is 12.8 Å². The van der Waals surface area contributed by atoms with E-state index in [1.807, 2.05) is 0 Å². The third kappa shape index (κ3) is 4.23. The Morgan fingerprint density at radius 2 is 1.59 bits per heavy atom. The Labute approximate surface area is 111 Å². The monoisotopic (exact) mass is 289 g/mol. The van der Waals surface area contributed by atoms with Crippen LogP contribution >= 0.6 is 15.9 Å². The molecule has 88 valence electrons. The fourth-order valence-electron chi connectivity index (χ4n) is 1.74. The van der Waals surface area contributed by atoms with E-state index in [0.717, 1.165) is 23.9 Å². The molecule has 2 rings (SSSR count). The van der Waals surface area contributed by atoms with Crippen LogP contribution in [-0.2, 0) is 6.42 Å². The second-order valence-electron chi connectivity index (χ2n) is 4.02. The van der Waals surface area contributed by atoms with Crippen LogP contribution in [0.25, 0.3) is 0 Å². The van der Waals surface area contributed by atoms with Gasteiger partial charge in [0, 0.05) is 16.7 Å². The normalized spacial score (nSPS) is 10.2. The summed E-state index contributed by atoms with van der Waals surface area (Å²) >= 11 is 3.43. The summed E-state index contributed by atoms with van der Waals surface area (Å²) in [6.07, 6.45) is 2.28. The summed E-state index contributed by atoms with van der Waals surface area (Å²) in [6.45, 7) is 1.01. The van der Waals surface area contributed by atoms with Crippen molar-refractivity contribution in [3.8, 4) is 0 Å². The summed E-state index contributed by atoms with van der Waals surface area (Å²) in [6, 6.07) is 18.9. The molecule has 0 saturated heterocycles. The smallest absolute Gasteiger partial charge is 0.0340 e. The van der Waals surface area contributed by atoms with Crippen LogP contribution in [0.5, 0.6) is 0 Å². The zero-order valence-corrected chi connectivity index (χ0v) is 11.3. The lowest BCUT2D eigenvalue weighted by Crippen LogP contribution is -2.02. The second kappa shape index (κ2) is 6.45. The average molecular weight is 290 g/mol. The van der Waals surface area contributed by atoms with Crippen LogP contribution in [0.2, 0.25) is 0 Å². The number of halogens is 1. The number of benzene rings is 2. The summed E-state index contributed by atoms with van der Waals surface area (Å²) in [4.78, 5) is 0. The topological polar surface area (TPSA) is 12.0 Å². The van der Waals surface area contributed by atoms with Crippen molar-refractivity contribution in [2.24, 2.45) is 0 Å². The standard InChI is InChI=1S/C15H16BrN/c16-14-8-10-15(11-9-14)17-12-4-7-13-5-2-1-3-6-13/h1-3,5-6,8-11,17H,4,7,12H2. The Hall–Kier alpha value is -1.28. The zero-order chi connectivity index (χ0) is 11.9. The molecule has 0 amide bonds. The van der Waals surface area contributed by atoms with Gasteiger partial charge in [-0.25, -0.2) is 0 Å². The van der Waals surface area contributed by atoms with Gasteiger partial charge in [-0.2, -0.15) is 0 Å². The third-order valence-corrected chi connectivity index (χ3v) is 3.19. The fourth-order valence-corrected chi connectivity index (χ4v) is 2.00. The average Bonchev–Trinajstić information content (AvgIpc) is 2.38. The van der Waals surface area contributed by atoms with E-state index < -0.39 is 0 Å². The Balaban J connectivity index is 1.71. The molecule has 0 aliphatic heterocycles. The molecule has 0 fully saturated rings. The van der Waals surface area contributed by atoms with Gasteiger partial charge in [0.05, 0.1) is 0 Å². The van der Waals surface area contributed by atoms with Crippen molar-refractivity contribution in [1.29, 1.82) is 0 Å². The molecule has 0 atom stereocenters. The quantitative estimate of drug-likeness (QED) is 0.800. The van der Waals surface area contributed by atoms with Crippen LogP contribution in [0, 0.1) is 0 Å². The fraction of sp³-hybridized carbons (Fsp3) is 0.200. The van der Waals surface area contributed by atoms with Crippen LogP contribution in [-0.4, -0.2) is 6.54 Å². The molecular weight excluding hydrogens is 274 g/mol. The molecule has 0 saturated carbocycles. The minimum absolute atomic E-state index is 1.01. The SMILES string of the molecule is Brc1ccc(NCCCc2ccccc2)cc1. The molecule has 2 aromatic rings. The number of hydrogen-bond acceptors (Lipinski definition) is 1. The second-order valence-corrected chi connectivity index (χ2v) is 4.94. The van der Waals surface area contributed by atoms with Gasteiger partial charge in [-0.1, -0.05) is 46.3 Å². The molecule has 2 aromatic carbocycles. The Bertz CT molecular complexity index is 436. The first-order valence-electron chi connectivity index (χ1n) is 5.88. The lowest BCUT2D eigenvalue weighted by molar-refractivity contribution is 0.863. The maximum atomic E-state index is 3.43. The highest BCUT2D eigenvalue weighted by molar-refractivity contribution is 9.10. The summed E-state index contributed by atoms with van der Waals surface area (Å²) in [5, 5.41) is 3.42.